The third kappa shape index (κ3) is 6.29. The van der Waals surface area contributed by atoms with Crippen LogP contribution in [0.15, 0.2) is 0 Å². The van der Waals surface area contributed by atoms with Crippen LogP contribution in [-0.4, -0.2) is 57.5 Å². The lowest BCUT2D eigenvalue weighted by atomic mass is 9.43. The smallest absolute Gasteiger partial charge is 0.407 e. The average molecular weight is 548 g/mol. The van der Waals surface area contributed by atoms with E-state index >= 15 is 0 Å². The highest BCUT2D eigenvalue weighted by atomic mass is 16.5. The van der Waals surface area contributed by atoms with Gasteiger partial charge in [-0.1, -0.05) is 34.6 Å². The molecular formula is C32H57N3O4. The van der Waals surface area contributed by atoms with Gasteiger partial charge in [-0.05, 0) is 104 Å². The van der Waals surface area contributed by atoms with Gasteiger partial charge in [0, 0.05) is 37.6 Å². The quantitative estimate of drug-likeness (QED) is 0.246. The number of carbonyl (C=O) groups is 2. The lowest BCUT2D eigenvalue weighted by Gasteiger charge is -2.63. The SMILES string of the molecule is COC(=O)CCC(C)C1CCC2C3C(NC(=O)OC)CC4CC(NCCNC(C)C)CCC4(C)C3CCC12C. The molecule has 0 aromatic carbocycles. The summed E-state index contributed by atoms with van der Waals surface area (Å²) < 4.78 is 10.1. The van der Waals surface area contributed by atoms with Crippen LogP contribution in [0.1, 0.15) is 98.8 Å². The minimum atomic E-state index is -0.277. The van der Waals surface area contributed by atoms with Gasteiger partial charge < -0.3 is 25.4 Å². The molecule has 0 saturated heterocycles. The number of fused-ring (bicyclic) bond motifs is 5. The number of alkyl carbamates (subject to hydrolysis) is 1. The van der Waals surface area contributed by atoms with Crippen molar-refractivity contribution >= 4 is 12.1 Å². The van der Waals surface area contributed by atoms with Crippen molar-refractivity contribution < 1.29 is 19.1 Å². The zero-order chi connectivity index (χ0) is 28.4. The fourth-order valence-corrected chi connectivity index (χ4v) is 10.1. The molecule has 4 aliphatic carbocycles. The predicted octanol–water partition coefficient (Wildman–Crippen LogP) is 5.53. The summed E-state index contributed by atoms with van der Waals surface area (Å²) >= 11 is 0. The summed E-state index contributed by atoms with van der Waals surface area (Å²) in [7, 11) is 2.98. The van der Waals surface area contributed by atoms with E-state index in [1.807, 2.05) is 0 Å². The Bertz CT molecular complexity index is 851. The highest BCUT2D eigenvalue weighted by Gasteiger charge is 2.63. The zero-order valence-corrected chi connectivity index (χ0v) is 25.8. The number of hydrogen-bond donors (Lipinski definition) is 3. The van der Waals surface area contributed by atoms with Crippen LogP contribution in [0.4, 0.5) is 4.79 Å². The van der Waals surface area contributed by atoms with Crippen molar-refractivity contribution in [3.05, 3.63) is 0 Å². The first-order valence-electron chi connectivity index (χ1n) is 15.9. The van der Waals surface area contributed by atoms with Crippen molar-refractivity contribution in [1.29, 1.82) is 0 Å². The van der Waals surface area contributed by atoms with Gasteiger partial charge in [0.05, 0.1) is 14.2 Å². The first-order chi connectivity index (χ1) is 18.5. The Morgan fingerprint density at radius 2 is 1.62 bits per heavy atom. The first kappa shape index (κ1) is 30.6. The minimum Gasteiger partial charge on any atom is -0.469 e. The molecule has 224 valence electrons. The molecule has 7 heteroatoms. The Morgan fingerprint density at radius 1 is 0.897 bits per heavy atom. The summed E-state index contributed by atoms with van der Waals surface area (Å²) in [4.78, 5) is 24.5. The van der Waals surface area contributed by atoms with Crippen molar-refractivity contribution in [1.82, 2.24) is 16.0 Å². The monoisotopic (exact) mass is 547 g/mol. The van der Waals surface area contributed by atoms with E-state index in [2.05, 4.69) is 50.6 Å². The lowest BCUT2D eigenvalue weighted by molar-refractivity contribution is -0.141. The lowest BCUT2D eigenvalue weighted by Crippen LogP contribution is -2.62. The first-order valence-corrected chi connectivity index (χ1v) is 15.9. The Morgan fingerprint density at radius 3 is 2.31 bits per heavy atom. The molecule has 1 amide bonds. The maximum absolute atomic E-state index is 12.6. The second-order valence-electron chi connectivity index (χ2n) is 14.3. The van der Waals surface area contributed by atoms with E-state index in [1.165, 1.54) is 59.2 Å². The van der Waals surface area contributed by atoms with Crippen molar-refractivity contribution in [2.24, 2.45) is 46.3 Å². The van der Waals surface area contributed by atoms with Crippen LogP contribution in [0, 0.1) is 46.3 Å². The van der Waals surface area contributed by atoms with Crippen LogP contribution in [-0.2, 0) is 14.3 Å². The third-order valence-corrected chi connectivity index (χ3v) is 12.1. The molecule has 0 radical (unpaired) electrons. The van der Waals surface area contributed by atoms with Gasteiger partial charge in [0.15, 0.2) is 0 Å². The van der Waals surface area contributed by atoms with Crippen molar-refractivity contribution in [2.45, 2.75) is 117 Å². The van der Waals surface area contributed by atoms with Crippen molar-refractivity contribution in [3.63, 3.8) is 0 Å². The summed E-state index contributed by atoms with van der Waals surface area (Å²) in [6.45, 7) is 13.9. The van der Waals surface area contributed by atoms with E-state index in [4.69, 9.17) is 9.47 Å². The molecule has 0 aromatic heterocycles. The number of ether oxygens (including phenoxy) is 2. The van der Waals surface area contributed by atoms with E-state index in [-0.39, 0.29) is 23.5 Å². The van der Waals surface area contributed by atoms with Crippen LogP contribution in [0.3, 0.4) is 0 Å². The largest absolute Gasteiger partial charge is 0.469 e. The Balaban J connectivity index is 1.51. The van der Waals surface area contributed by atoms with E-state index in [9.17, 15) is 9.59 Å². The van der Waals surface area contributed by atoms with Crippen molar-refractivity contribution in [3.8, 4) is 0 Å². The van der Waals surface area contributed by atoms with Crippen LogP contribution >= 0.6 is 0 Å². The van der Waals surface area contributed by atoms with E-state index < -0.39 is 0 Å². The molecule has 0 bridgehead atoms. The molecule has 3 N–H and O–H groups in total. The maximum atomic E-state index is 12.6. The molecular weight excluding hydrogens is 490 g/mol. The second kappa shape index (κ2) is 12.7. The summed E-state index contributed by atoms with van der Waals surface area (Å²) in [5.41, 5.74) is 0.599. The molecule has 4 fully saturated rings. The van der Waals surface area contributed by atoms with Gasteiger partial charge in [0.25, 0.3) is 0 Å². The van der Waals surface area contributed by atoms with Crippen molar-refractivity contribution in [2.75, 3.05) is 27.3 Å². The number of amides is 1. The molecule has 10 atom stereocenters. The Hall–Kier alpha value is -1.34. The molecule has 0 heterocycles. The molecule has 4 rings (SSSR count). The number of methoxy groups -OCH3 is 2. The fourth-order valence-electron chi connectivity index (χ4n) is 10.1. The average Bonchev–Trinajstić information content (AvgIpc) is 3.26. The molecule has 4 saturated carbocycles. The molecule has 0 aliphatic heterocycles. The number of nitrogens with one attached hydrogen (secondary N) is 3. The topological polar surface area (TPSA) is 88.7 Å². The molecule has 10 unspecified atom stereocenters. The van der Waals surface area contributed by atoms with Crippen LogP contribution < -0.4 is 16.0 Å². The third-order valence-electron chi connectivity index (χ3n) is 12.1. The molecule has 0 spiro atoms. The van der Waals surface area contributed by atoms with E-state index in [1.54, 1.807) is 0 Å². The molecule has 7 nitrogen and oxygen atoms in total. The number of esters is 1. The van der Waals surface area contributed by atoms with Gasteiger partial charge in [0.1, 0.15) is 0 Å². The summed E-state index contributed by atoms with van der Waals surface area (Å²) in [5, 5.41) is 10.7. The highest BCUT2D eigenvalue weighted by Crippen LogP contribution is 2.68. The maximum Gasteiger partial charge on any atom is 0.407 e. The van der Waals surface area contributed by atoms with E-state index in [0.717, 1.165) is 25.9 Å². The normalized spacial score (nSPS) is 40.3. The predicted molar refractivity (Wildman–Crippen MR) is 155 cm³/mol. The Kier molecular flexibility index (Phi) is 9.95. The van der Waals surface area contributed by atoms with Gasteiger partial charge in [-0.15, -0.1) is 0 Å². The Labute approximate surface area is 237 Å². The summed E-state index contributed by atoms with van der Waals surface area (Å²) in [6, 6.07) is 1.26. The minimum absolute atomic E-state index is 0.0971. The van der Waals surface area contributed by atoms with E-state index in [0.29, 0.717) is 59.4 Å². The number of carbonyl (C=O) groups excluding carboxylic acids is 2. The van der Waals surface area contributed by atoms with Gasteiger partial charge in [-0.2, -0.15) is 0 Å². The standard InChI is InChI=1S/C32H57N3O4/c1-20(2)33-16-17-34-23-12-14-31(4)22(18-23)19-27(35-30(37)39-7)29-25-10-9-24(21(3)8-11-28(36)38-6)32(25,5)15-13-26(29)31/h20-27,29,33-34H,8-19H2,1-7H3,(H,35,37). The molecule has 39 heavy (non-hydrogen) atoms. The number of rotatable bonds is 10. The number of hydrogen-bond acceptors (Lipinski definition) is 6. The second-order valence-corrected chi connectivity index (χ2v) is 14.3. The highest BCUT2D eigenvalue weighted by molar-refractivity contribution is 5.69. The van der Waals surface area contributed by atoms with Gasteiger partial charge in [0.2, 0.25) is 0 Å². The van der Waals surface area contributed by atoms with Gasteiger partial charge in [-0.25, -0.2) is 4.79 Å². The van der Waals surface area contributed by atoms with Gasteiger partial charge >= 0.3 is 12.1 Å². The van der Waals surface area contributed by atoms with Crippen LogP contribution in [0.2, 0.25) is 0 Å². The van der Waals surface area contributed by atoms with Crippen LogP contribution in [0.25, 0.3) is 0 Å². The van der Waals surface area contributed by atoms with Gasteiger partial charge in [-0.3, -0.25) is 4.79 Å². The summed E-state index contributed by atoms with van der Waals surface area (Å²) in [6.07, 6.45) is 10.9. The molecule has 0 aromatic rings. The zero-order valence-electron chi connectivity index (χ0n) is 25.8. The van der Waals surface area contributed by atoms with Crippen LogP contribution in [0.5, 0.6) is 0 Å². The summed E-state index contributed by atoms with van der Waals surface area (Å²) in [5.74, 6) is 3.40. The molecule has 4 aliphatic rings. The fraction of sp³-hybridized carbons (Fsp3) is 0.938.